The van der Waals surface area contributed by atoms with E-state index in [1.165, 1.54) is 55.3 Å². The fourth-order valence-electron chi connectivity index (χ4n) is 8.27. The Hall–Kier alpha value is -6.71. The number of anilines is 3. The van der Waals surface area contributed by atoms with Gasteiger partial charge in [0.25, 0.3) is 0 Å². The molecule has 3 heteroatoms. The SMILES string of the molecule is CC1(C)c2cc(N(c3cccc(-c4ccccc4)c3)c3cccc(-c4cccc5ccccc45)c3)ccc2-c2c(-c3nc4ccccc4o3)cccc21. The number of nitrogens with zero attached hydrogens (tertiary/aromatic N) is 2. The Kier molecular flexibility index (Phi) is 7.16. The quantitative estimate of drug-likeness (QED) is 0.175. The Morgan fingerprint density at radius 3 is 1.96 bits per heavy atom. The van der Waals surface area contributed by atoms with E-state index in [1.807, 2.05) is 24.3 Å². The van der Waals surface area contributed by atoms with E-state index < -0.39 is 0 Å². The summed E-state index contributed by atoms with van der Waals surface area (Å²) in [6.07, 6.45) is 0. The summed E-state index contributed by atoms with van der Waals surface area (Å²) in [6.45, 7) is 4.66. The van der Waals surface area contributed by atoms with Gasteiger partial charge in [-0.15, -0.1) is 0 Å². The van der Waals surface area contributed by atoms with Crippen molar-refractivity contribution in [1.82, 2.24) is 4.98 Å². The molecule has 0 saturated heterocycles. The van der Waals surface area contributed by atoms with Crippen molar-refractivity contribution in [3.63, 3.8) is 0 Å². The van der Waals surface area contributed by atoms with Crippen molar-refractivity contribution < 1.29 is 4.42 Å². The van der Waals surface area contributed by atoms with Crippen LogP contribution in [-0.4, -0.2) is 4.98 Å². The fraction of sp³-hybridized carbons (Fsp3) is 0.0600. The van der Waals surface area contributed by atoms with Gasteiger partial charge in [0.2, 0.25) is 5.89 Å². The van der Waals surface area contributed by atoms with Crippen molar-refractivity contribution in [2.45, 2.75) is 19.3 Å². The summed E-state index contributed by atoms with van der Waals surface area (Å²) >= 11 is 0. The Morgan fingerprint density at radius 2 is 1.11 bits per heavy atom. The highest BCUT2D eigenvalue weighted by atomic mass is 16.3. The van der Waals surface area contributed by atoms with Crippen LogP contribution in [0.1, 0.15) is 25.0 Å². The van der Waals surface area contributed by atoms with Gasteiger partial charge < -0.3 is 9.32 Å². The summed E-state index contributed by atoms with van der Waals surface area (Å²) in [4.78, 5) is 7.32. The van der Waals surface area contributed by atoms with Gasteiger partial charge in [-0.05, 0) is 110 Å². The molecule has 0 unspecified atom stereocenters. The highest BCUT2D eigenvalue weighted by Crippen LogP contribution is 2.54. The maximum Gasteiger partial charge on any atom is 0.227 e. The molecular weight excluding hydrogens is 645 g/mol. The van der Waals surface area contributed by atoms with Gasteiger partial charge in [-0.25, -0.2) is 4.98 Å². The molecule has 1 aromatic heterocycles. The van der Waals surface area contributed by atoms with Gasteiger partial charge in [0.1, 0.15) is 5.52 Å². The third kappa shape index (κ3) is 5.16. The molecule has 0 N–H and O–H groups in total. The highest BCUT2D eigenvalue weighted by molar-refractivity contribution is 5.98. The molecule has 0 saturated carbocycles. The molecule has 0 bridgehead atoms. The normalized spacial score (nSPS) is 12.9. The second-order valence-corrected chi connectivity index (χ2v) is 14.4. The van der Waals surface area contributed by atoms with Crippen LogP contribution in [0.2, 0.25) is 0 Å². The predicted molar refractivity (Wildman–Crippen MR) is 220 cm³/mol. The lowest BCUT2D eigenvalue weighted by Crippen LogP contribution is -2.16. The largest absolute Gasteiger partial charge is 0.436 e. The number of hydrogen-bond acceptors (Lipinski definition) is 3. The van der Waals surface area contributed by atoms with E-state index in [2.05, 4.69) is 176 Å². The molecule has 0 aliphatic heterocycles. The molecule has 0 amide bonds. The maximum absolute atomic E-state index is 6.34. The average molecular weight is 681 g/mol. The number of oxazole rings is 1. The first kappa shape index (κ1) is 31.1. The first-order chi connectivity index (χ1) is 26.0. The van der Waals surface area contributed by atoms with Gasteiger partial charge in [0.15, 0.2) is 5.58 Å². The second kappa shape index (κ2) is 12.2. The molecule has 0 fully saturated rings. The molecule has 1 aliphatic rings. The lowest BCUT2D eigenvalue weighted by molar-refractivity contribution is 0.619. The standard InChI is InChI=1S/C50H36N2O/c1-50(2)44-25-13-24-43(49-51-46-26-8-9-27-47(46)53-49)48(44)42-29-28-39(32-45(42)50)52(37-20-10-18-35(30-37)33-14-4-3-5-15-33)38-21-11-19-36(31-38)41-23-12-17-34-16-6-7-22-40(34)41/h3-32H,1-2H3. The van der Waals surface area contributed by atoms with E-state index in [0.29, 0.717) is 5.89 Å². The van der Waals surface area contributed by atoms with Crippen LogP contribution in [0.15, 0.2) is 186 Å². The van der Waals surface area contributed by atoms with Crippen molar-refractivity contribution in [3.05, 3.63) is 193 Å². The second-order valence-electron chi connectivity index (χ2n) is 14.4. The molecule has 0 spiro atoms. The Labute approximate surface area is 309 Å². The molecule has 3 nitrogen and oxygen atoms in total. The van der Waals surface area contributed by atoms with E-state index in [1.54, 1.807) is 0 Å². The lowest BCUT2D eigenvalue weighted by Gasteiger charge is -2.29. The molecule has 1 aliphatic carbocycles. The molecule has 1 heterocycles. The van der Waals surface area contributed by atoms with Gasteiger partial charge in [-0.1, -0.05) is 141 Å². The first-order valence-electron chi connectivity index (χ1n) is 18.2. The average Bonchev–Trinajstić information content (AvgIpc) is 3.75. The van der Waals surface area contributed by atoms with Crippen LogP contribution in [0.5, 0.6) is 0 Å². The highest BCUT2D eigenvalue weighted by Gasteiger charge is 2.38. The zero-order valence-electron chi connectivity index (χ0n) is 29.6. The Bertz CT molecular complexity index is 2790. The van der Waals surface area contributed by atoms with E-state index in [4.69, 9.17) is 9.40 Å². The molecule has 9 aromatic rings. The fourth-order valence-corrected chi connectivity index (χ4v) is 8.27. The van der Waals surface area contributed by atoms with Crippen LogP contribution in [0, 0.1) is 0 Å². The minimum Gasteiger partial charge on any atom is -0.436 e. The maximum atomic E-state index is 6.34. The van der Waals surface area contributed by atoms with Crippen LogP contribution < -0.4 is 4.90 Å². The summed E-state index contributed by atoms with van der Waals surface area (Å²) in [5.41, 5.74) is 15.5. The molecule has 0 atom stereocenters. The Morgan fingerprint density at radius 1 is 0.472 bits per heavy atom. The van der Waals surface area contributed by atoms with E-state index in [9.17, 15) is 0 Å². The number of para-hydroxylation sites is 2. The van der Waals surface area contributed by atoms with Crippen molar-refractivity contribution in [2.75, 3.05) is 4.90 Å². The summed E-state index contributed by atoms with van der Waals surface area (Å²) < 4.78 is 6.34. The predicted octanol–water partition coefficient (Wildman–Crippen LogP) is 13.8. The van der Waals surface area contributed by atoms with E-state index in [0.717, 1.165) is 33.7 Å². The molecule has 0 radical (unpaired) electrons. The minimum absolute atomic E-state index is 0.245. The monoisotopic (exact) mass is 680 g/mol. The summed E-state index contributed by atoms with van der Waals surface area (Å²) in [6, 6.07) is 65.1. The van der Waals surface area contributed by atoms with Crippen LogP contribution in [0.3, 0.4) is 0 Å². The summed E-state index contributed by atoms with van der Waals surface area (Å²) in [5, 5.41) is 2.48. The van der Waals surface area contributed by atoms with Gasteiger partial charge in [0.05, 0.1) is 0 Å². The molecule has 8 aromatic carbocycles. The molecule has 53 heavy (non-hydrogen) atoms. The van der Waals surface area contributed by atoms with Crippen molar-refractivity contribution >= 4 is 38.9 Å². The number of aromatic nitrogens is 1. The lowest BCUT2D eigenvalue weighted by atomic mass is 9.82. The van der Waals surface area contributed by atoms with Crippen molar-refractivity contribution in [3.8, 4) is 44.8 Å². The Balaban J connectivity index is 1.15. The third-order valence-corrected chi connectivity index (χ3v) is 10.9. The third-order valence-electron chi connectivity index (χ3n) is 10.9. The van der Waals surface area contributed by atoms with Crippen LogP contribution in [-0.2, 0) is 5.41 Å². The van der Waals surface area contributed by atoms with E-state index >= 15 is 0 Å². The van der Waals surface area contributed by atoms with E-state index in [-0.39, 0.29) is 5.41 Å². The topological polar surface area (TPSA) is 29.3 Å². The number of rotatable bonds is 6. The summed E-state index contributed by atoms with van der Waals surface area (Å²) in [7, 11) is 0. The van der Waals surface area contributed by atoms with Crippen molar-refractivity contribution in [1.29, 1.82) is 0 Å². The van der Waals surface area contributed by atoms with Gasteiger partial charge in [-0.3, -0.25) is 0 Å². The molecule has 10 rings (SSSR count). The number of fused-ring (bicyclic) bond motifs is 5. The van der Waals surface area contributed by atoms with Crippen molar-refractivity contribution in [2.24, 2.45) is 0 Å². The zero-order valence-corrected chi connectivity index (χ0v) is 29.6. The van der Waals surface area contributed by atoms with Crippen LogP contribution >= 0.6 is 0 Å². The van der Waals surface area contributed by atoms with Gasteiger partial charge in [0, 0.05) is 28.0 Å². The van der Waals surface area contributed by atoms with Gasteiger partial charge in [-0.2, -0.15) is 0 Å². The molecular formula is C50H36N2O. The number of hydrogen-bond donors (Lipinski definition) is 0. The first-order valence-corrected chi connectivity index (χ1v) is 18.2. The van der Waals surface area contributed by atoms with Crippen LogP contribution in [0.25, 0.3) is 66.7 Å². The smallest absolute Gasteiger partial charge is 0.227 e. The number of benzene rings is 8. The zero-order chi connectivity index (χ0) is 35.5. The van der Waals surface area contributed by atoms with Crippen LogP contribution in [0.4, 0.5) is 17.1 Å². The molecule has 252 valence electrons. The summed E-state index contributed by atoms with van der Waals surface area (Å²) in [5.74, 6) is 0.653. The minimum atomic E-state index is -0.245. The van der Waals surface area contributed by atoms with Gasteiger partial charge >= 0.3 is 0 Å².